The van der Waals surface area contributed by atoms with Gasteiger partial charge in [0, 0.05) is 18.1 Å². The molecule has 0 aliphatic heterocycles. The van der Waals surface area contributed by atoms with Crippen molar-refractivity contribution in [2.24, 2.45) is 0 Å². The first-order chi connectivity index (χ1) is 12.0. The highest BCUT2D eigenvalue weighted by Gasteiger charge is 2.18. The molecule has 0 saturated carbocycles. The van der Waals surface area contributed by atoms with Crippen molar-refractivity contribution < 1.29 is 9.18 Å². The summed E-state index contributed by atoms with van der Waals surface area (Å²) in [5.74, 6) is -0.470. The van der Waals surface area contributed by atoms with Gasteiger partial charge in [0.1, 0.15) is 5.82 Å². The molecular formula is C21H21FN2O. The zero-order valence-corrected chi connectivity index (χ0v) is 14.4. The van der Waals surface area contributed by atoms with Gasteiger partial charge in [-0.2, -0.15) is 0 Å². The van der Waals surface area contributed by atoms with Crippen molar-refractivity contribution in [2.45, 2.75) is 26.3 Å². The third-order valence-corrected chi connectivity index (χ3v) is 4.25. The lowest BCUT2D eigenvalue weighted by Crippen LogP contribution is -2.19. The fourth-order valence-electron chi connectivity index (χ4n) is 2.89. The van der Waals surface area contributed by atoms with E-state index in [1.54, 1.807) is 19.1 Å². The van der Waals surface area contributed by atoms with Crippen molar-refractivity contribution in [2.75, 3.05) is 5.32 Å². The van der Waals surface area contributed by atoms with Crippen molar-refractivity contribution in [1.29, 1.82) is 0 Å². The second-order valence-electron chi connectivity index (χ2n) is 6.28. The minimum atomic E-state index is -0.321. The number of carbonyl (C=O) groups excluding carboxylic acids is 1. The van der Waals surface area contributed by atoms with E-state index in [1.165, 1.54) is 6.07 Å². The Morgan fingerprint density at radius 1 is 1.08 bits per heavy atom. The van der Waals surface area contributed by atoms with Gasteiger partial charge in [-0.3, -0.25) is 4.79 Å². The number of amides is 1. The molecule has 1 N–H and O–H groups in total. The largest absolute Gasteiger partial charge is 0.346 e. The van der Waals surface area contributed by atoms with Gasteiger partial charge in [0.05, 0.1) is 12.5 Å². The van der Waals surface area contributed by atoms with E-state index in [0.29, 0.717) is 11.3 Å². The van der Waals surface area contributed by atoms with Gasteiger partial charge >= 0.3 is 0 Å². The van der Waals surface area contributed by atoms with E-state index in [9.17, 15) is 9.18 Å². The number of anilines is 1. The van der Waals surface area contributed by atoms with Crippen LogP contribution in [0.2, 0.25) is 0 Å². The topological polar surface area (TPSA) is 34.0 Å². The van der Waals surface area contributed by atoms with Gasteiger partial charge < -0.3 is 9.88 Å². The molecule has 1 atom stereocenters. The highest BCUT2D eigenvalue weighted by Crippen LogP contribution is 2.24. The Morgan fingerprint density at radius 2 is 1.84 bits per heavy atom. The second kappa shape index (κ2) is 7.34. The molecule has 0 bridgehead atoms. The third-order valence-electron chi connectivity index (χ3n) is 4.25. The molecule has 4 heteroatoms. The molecule has 25 heavy (non-hydrogen) atoms. The van der Waals surface area contributed by atoms with Gasteiger partial charge in [0.2, 0.25) is 5.91 Å². The fraction of sp³-hybridized carbons (Fsp3) is 0.190. The van der Waals surface area contributed by atoms with E-state index in [4.69, 9.17) is 0 Å². The van der Waals surface area contributed by atoms with Crippen molar-refractivity contribution in [1.82, 2.24) is 4.57 Å². The fourth-order valence-corrected chi connectivity index (χ4v) is 2.89. The van der Waals surface area contributed by atoms with Crippen LogP contribution in [0.1, 0.15) is 29.2 Å². The SMILES string of the molecule is Cc1cccc(C(CC(=O)Nc2ccc(C)c(F)c2)n2cccc2)c1. The summed E-state index contributed by atoms with van der Waals surface area (Å²) in [6.07, 6.45) is 4.17. The van der Waals surface area contributed by atoms with Crippen LogP contribution in [0.15, 0.2) is 67.0 Å². The van der Waals surface area contributed by atoms with Crippen LogP contribution in [0.25, 0.3) is 0 Å². The summed E-state index contributed by atoms with van der Waals surface area (Å²) in [5, 5.41) is 2.79. The molecule has 0 aliphatic carbocycles. The molecule has 1 heterocycles. The summed E-state index contributed by atoms with van der Waals surface area (Å²) in [4.78, 5) is 12.5. The zero-order chi connectivity index (χ0) is 17.8. The van der Waals surface area contributed by atoms with Crippen molar-refractivity contribution in [3.05, 3.63) is 89.5 Å². The standard InChI is InChI=1S/C21H21FN2O/c1-15-6-5-7-17(12-15)20(24-10-3-4-11-24)14-21(25)23-18-9-8-16(2)19(22)13-18/h3-13,20H,14H2,1-2H3,(H,23,25). The Balaban J connectivity index is 1.80. The third kappa shape index (κ3) is 4.15. The molecular weight excluding hydrogens is 315 g/mol. The number of aryl methyl sites for hydroxylation is 2. The highest BCUT2D eigenvalue weighted by atomic mass is 19.1. The van der Waals surface area contributed by atoms with E-state index < -0.39 is 0 Å². The first-order valence-electron chi connectivity index (χ1n) is 8.28. The van der Waals surface area contributed by atoms with E-state index in [1.807, 2.05) is 54.2 Å². The maximum atomic E-state index is 13.7. The Bertz CT molecular complexity index is 871. The minimum absolute atomic E-state index is 0.106. The van der Waals surface area contributed by atoms with Crippen LogP contribution in [0, 0.1) is 19.7 Å². The highest BCUT2D eigenvalue weighted by molar-refractivity contribution is 5.91. The van der Waals surface area contributed by atoms with Gasteiger partial charge in [0.25, 0.3) is 0 Å². The number of hydrogen-bond donors (Lipinski definition) is 1. The molecule has 1 aromatic heterocycles. The maximum absolute atomic E-state index is 13.7. The lowest BCUT2D eigenvalue weighted by atomic mass is 10.0. The summed E-state index contributed by atoms with van der Waals surface area (Å²) in [6, 6.07) is 16.6. The molecule has 3 rings (SSSR count). The van der Waals surface area contributed by atoms with Gasteiger partial charge in [-0.15, -0.1) is 0 Å². The smallest absolute Gasteiger partial charge is 0.226 e. The number of benzene rings is 2. The predicted molar refractivity (Wildman–Crippen MR) is 98.1 cm³/mol. The number of aromatic nitrogens is 1. The molecule has 0 aliphatic rings. The molecule has 128 valence electrons. The Morgan fingerprint density at radius 3 is 2.52 bits per heavy atom. The molecule has 3 aromatic rings. The molecule has 0 saturated heterocycles. The summed E-state index contributed by atoms with van der Waals surface area (Å²) in [7, 11) is 0. The monoisotopic (exact) mass is 336 g/mol. The van der Waals surface area contributed by atoms with Gasteiger partial charge in [0.15, 0.2) is 0 Å². The van der Waals surface area contributed by atoms with Crippen LogP contribution in [0.4, 0.5) is 10.1 Å². The average molecular weight is 336 g/mol. The quantitative estimate of drug-likeness (QED) is 0.709. The number of hydrogen-bond acceptors (Lipinski definition) is 1. The number of nitrogens with zero attached hydrogens (tertiary/aromatic N) is 1. The van der Waals surface area contributed by atoms with E-state index >= 15 is 0 Å². The van der Waals surface area contributed by atoms with E-state index in [0.717, 1.165) is 11.1 Å². The van der Waals surface area contributed by atoms with E-state index in [-0.39, 0.29) is 24.2 Å². The molecule has 0 radical (unpaired) electrons. The van der Waals surface area contributed by atoms with Gasteiger partial charge in [-0.1, -0.05) is 35.9 Å². The summed E-state index contributed by atoms with van der Waals surface area (Å²) >= 11 is 0. The normalized spacial score (nSPS) is 12.0. The van der Waals surface area contributed by atoms with Gasteiger partial charge in [-0.05, 0) is 49.2 Å². The summed E-state index contributed by atoms with van der Waals surface area (Å²) in [5.41, 5.74) is 3.25. The molecule has 1 amide bonds. The molecule has 1 unspecified atom stereocenters. The van der Waals surface area contributed by atoms with E-state index in [2.05, 4.69) is 11.4 Å². The predicted octanol–water partition coefficient (Wildman–Crippen LogP) is 4.86. The number of nitrogens with one attached hydrogen (secondary N) is 1. The Hall–Kier alpha value is -2.88. The zero-order valence-electron chi connectivity index (χ0n) is 14.4. The number of halogens is 1. The van der Waals surface area contributed by atoms with Crippen LogP contribution in [-0.2, 0) is 4.79 Å². The maximum Gasteiger partial charge on any atom is 0.226 e. The molecule has 0 fully saturated rings. The number of rotatable bonds is 5. The average Bonchev–Trinajstić information content (AvgIpc) is 3.10. The molecule has 2 aromatic carbocycles. The molecule has 0 spiro atoms. The Labute approximate surface area is 147 Å². The van der Waals surface area contributed by atoms with Crippen LogP contribution in [0.3, 0.4) is 0 Å². The van der Waals surface area contributed by atoms with Crippen molar-refractivity contribution in [3.63, 3.8) is 0 Å². The lowest BCUT2D eigenvalue weighted by molar-refractivity contribution is -0.116. The molecule has 3 nitrogen and oxygen atoms in total. The lowest BCUT2D eigenvalue weighted by Gasteiger charge is -2.20. The van der Waals surface area contributed by atoms with Crippen LogP contribution in [-0.4, -0.2) is 10.5 Å². The van der Waals surface area contributed by atoms with Crippen LogP contribution >= 0.6 is 0 Å². The summed E-state index contributed by atoms with van der Waals surface area (Å²) < 4.78 is 15.7. The first kappa shape index (κ1) is 17.0. The number of carbonyl (C=O) groups is 1. The van der Waals surface area contributed by atoms with Crippen molar-refractivity contribution >= 4 is 11.6 Å². The van der Waals surface area contributed by atoms with Crippen molar-refractivity contribution in [3.8, 4) is 0 Å². The second-order valence-corrected chi connectivity index (χ2v) is 6.28. The van der Waals surface area contributed by atoms with Gasteiger partial charge in [-0.25, -0.2) is 4.39 Å². The minimum Gasteiger partial charge on any atom is -0.346 e. The van der Waals surface area contributed by atoms with Crippen LogP contribution < -0.4 is 5.32 Å². The first-order valence-corrected chi connectivity index (χ1v) is 8.28. The Kier molecular flexibility index (Phi) is 4.98. The summed E-state index contributed by atoms with van der Waals surface area (Å²) in [6.45, 7) is 3.73. The van der Waals surface area contributed by atoms with Crippen LogP contribution in [0.5, 0.6) is 0 Å².